The third-order valence-electron chi connectivity index (χ3n) is 5.21. The molecule has 7 heteroatoms. The van der Waals surface area contributed by atoms with Crippen molar-refractivity contribution in [3.05, 3.63) is 29.8 Å². The number of aliphatic hydroxyl groups is 1. The number of alkyl halides is 2. The molecule has 150 valence electrons. The Hall–Kier alpha value is -1.89. The number of carbonyl (C=O) groups is 1. The van der Waals surface area contributed by atoms with Crippen LogP contribution in [0.1, 0.15) is 58.4 Å². The van der Waals surface area contributed by atoms with Crippen LogP contribution in [0.15, 0.2) is 24.3 Å². The van der Waals surface area contributed by atoms with Gasteiger partial charge in [-0.2, -0.15) is 8.78 Å². The first kappa shape index (κ1) is 19.9. The number of piperidine rings is 2. The second kappa shape index (κ2) is 7.26. The Bertz CT molecular complexity index is 675. The Labute approximate surface area is 158 Å². The van der Waals surface area contributed by atoms with E-state index in [1.54, 1.807) is 17.0 Å². The van der Waals surface area contributed by atoms with Gasteiger partial charge in [-0.25, -0.2) is 4.79 Å². The molecule has 2 aliphatic rings. The second-order valence-corrected chi connectivity index (χ2v) is 8.47. The topological polar surface area (TPSA) is 59.0 Å². The fourth-order valence-corrected chi connectivity index (χ4v) is 4.24. The summed E-state index contributed by atoms with van der Waals surface area (Å²) < 4.78 is 35.0. The van der Waals surface area contributed by atoms with Crippen LogP contribution in [0, 0.1) is 0 Å². The molecule has 3 rings (SSSR count). The van der Waals surface area contributed by atoms with Gasteiger partial charge in [-0.3, -0.25) is 0 Å². The third-order valence-corrected chi connectivity index (χ3v) is 5.21. The molecular formula is C20H27F2NO4. The average molecular weight is 383 g/mol. The lowest BCUT2D eigenvalue weighted by Gasteiger charge is -2.51. The van der Waals surface area contributed by atoms with Crippen molar-refractivity contribution in [3.8, 4) is 5.75 Å². The van der Waals surface area contributed by atoms with E-state index in [-0.39, 0.29) is 23.9 Å². The fraction of sp³-hybridized carbons (Fsp3) is 0.650. The molecule has 2 unspecified atom stereocenters. The number of carbonyl (C=O) groups excluding carboxylic acids is 1. The van der Waals surface area contributed by atoms with Crippen molar-refractivity contribution in [2.45, 2.75) is 82.8 Å². The molecule has 0 saturated carbocycles. The highest BCUT2D eigenvalue weighted by atomic mass is 19.3. The number of halogens is 2. The predicted octanol–water partition coefficient (Wildman–Crippen LogP) is 4.43. The first-order valence-corrected chi connectivity index (χ1v) is 9.36. The number of fused-ring (bicyclic) bond motifs is 2. The van der Waals surface area contributed by atoms with Gasteiger partial charge in [0.25, 0.3) is 0 Å². The highest BCUT2D eigenvalue weighted by Gasteiger charge is 2.49. The molecule has 1 aromatic rings. The van der Waals surface area contributed by atoms with Crippen LogP contribution in [0.5, 0.6) is 5.75 Å². The van der Waals surface area contributed by atoms with E-state index >= 15 is 0 Å². The van der Waals surface area contributed by atoms with Gasteiger partial charge in [0.15, 0.2) is 0 Å². The van der Waals surface area contributed by atoms with Gasteiger partial charge in [0.1, 0.15) is 11.4 Å². The van der Waals surface area contributed by atoms with Gasteiger partial charge in [0.05, 0.1) is 5.60 Å². The Morgan fingerprint density at radius 1 is 1.26 bits per heavy atom. The highest BCUT2D eigenvalue weighted by molar-refractivity contribution is 5.69. The van der Waals surface area contributed by atoms with Crippen molar-refractivity contribution >= 4 is 6.09 Å². The minimum absolute atomic E-state index is 0.0238. The van der Waals surface area contributed by atoms with E-state index in [0.717, 1.165) is 19.3 Å². The summed E-state index contributed by atoms with van der Waals surface area (Å²) in [6.07, 6.45) is 2.89. The van der Waals surface area contributed by atoms with Gasteiger partial charge in [0.2, 0.25) is 0 Å². The fourth-order valence-electron chi connectivity index (χ4n) is 4.24. The lowest BCUT2D eigenvalue weighted by molar-refractivity contribution is -0.0970. The maximum Gasteiger partial charge on any atom is 0.410 e. The van der Waals surface area contributed by atoms with Gasteiger partial charge >= 0.3 is 12.7 Å². The summed E-state index contributed by atoms with van der Waals surface area (Å²) >= 11 is 0. The van der Waals surface area contributed by atoms with E-state index in [1.165, 1.54) is 12.1 Å². The van der Waals surface area contributed by atoms with E-state index in [0.29, 0.717) is 18.4 Å². The molecule has 0 radical (unpaired) electrons. The van der Waals surface area contributed by atoms with E-state index in [2.05, 4.69) is 4.74 Å². The van der Waals surface area contributed by atoms with Gasteiger partial charge in [-0.1, -0.05) is 12.1 Å². The van der Waals surface area contributed by atoms with Gasteiger partial charge < -0.3 is 19.5 Å². The molecule has 1 aromatic carbocycles. The van der Waals surface area contributed by atoms with Gasteiger partial charge in [0, 0.05) is 24.9 Å². The van der Waals surface area contributed by atoms with E-state index in [9.17, 15) is 18.7 Å². The van der Waals surface area contributed by atoms with Crippen molar-refractivity contribution in [2.75, 3.05) is 0 Å². The first-order valence-electron chi connectivity index (χ1n) is 9.36. The van der Waals surface area contributed by atoms with Crippen LogP contribution in [0.25, 0.3) is 0 Å². The molecule has 0 aliphatic carbocycles. The van der Waals surface area contributed by atoms with E-state index in [1.807, 2.05) is 20.8 Å². The van der Waals surface area contributed by atoms with Crippen LogP contribution in [-0.4, -0.2) is 40.4 Å². The summed E-state index contributed by atoms with van der Waals surface area (Å²) in [6, 6.07) is 5.94. The molecule has 5 nitrogen and oxygen atoms in total. The Morgan fingerprint density at radius 3 is 2.44 bits per heavy atom. The van der Waals surface area contributed by atoms with Crippen molar-refractivity contribution in [1.29, 1.82) is 0 Å². The molecule has 2 aliphatic heterocycles. The third kappa shape index (κ3) is 4.51. The summed E-state index contributed by atoms with van der Waals surface area (Å²) in [6.45, 7) is 2.57. The zero-order valence-electron chi connectivity index (χ0n) is 16.0. The number of ether oxygens (including phenoxy) is 2. The predicted molar refractivity (Wildman–Crippen MR) is 95.7 cm³/mol. The number of hydrogen-bond acceptors (Lipinski definition) is 4. The van der Waals surface area contributed by atoms with E-state index < -0.39 is 17.8 Å². The summed E-state index contributed by atoms with van der Waals surface area (Å²) in [4.78, 5) is 14.4. The molecule has 0 spiro atoms. The largest absolute Gasteiger partial charge is 0.444 e. The molecular weight excluding hydrogens is 356 g/mol. The monoisotopic (exact) mass is 383 g/mol. The number of benzene rings is 1. The molecule has 2 heterocycles. The van der Waals surface area contributed by atoms with Crippen LogP contribution in [-0.2, 0) is 10.3 Å². The minimum atomic E-state index is -2.91. The number of amides is 1. The highest BCUT2D eigenvalue weighted by Crippen LogP contribution is 2.45. The molecule has 27 heavy (non-hydrogen) atoms. The zero-order valence-corrected chi connectivity index (χ0v) is 16.0. The minimum Gasteiger partial charge on any atom is -0.444 e. The van der Waals surface area contributed by atoms with Crippen LogP contribution < -0.4 is 4.74 Å². The average Bonchev–Trinajstić information content (AvgIpc) is 2.52. The van der Waals surface area contributed by atoms with Crippen molar-refractivity contribution < 1.29 is 28.2 Å². The molecule has 2 saturated heterocycles. The van der Waals surface area contributed by atoms with Crippen molar-refractivity contribution in [1.82, 2.24) is 4.90 Å². The Kier molecular flexibility index (Phi) is 5.34. The van der Waals surface area contributed by atoms with Crippen molar-refractivity contribution in [3.63, 3.8) is 0 Å². The summed E-state index contributed by atoms with van der Waals surface area (Å²) in [5.41, 5.74) is -1.23. The SMILES string of the molecule is CC(C)(C)OC(=O)N1C2CCCC1CC(O)(c1cccc(OC(F)F)c1)C2. The van der Waals surface area contributed by atoms with Crippen LogP contribution in [0.2, 0.25) is 0 Å². The molecule has 2 atom stereocenters. The second-order valence-electron chi connectivity index (χ2n) is 8.47. The summed E-state index contributed by atoms with van der Waals surface area (Å²) in [7, 11) is 0. The maximum absolute atomic E-state index is 12.7. The molecule has 1 amide bonds. The summed E-state index contributed by atoms with van der Waals surface area (Å²) in [5.74, 6) is 0.0238. The smallest absolute Gasteiger partial charge is 0.410 e. The van der Waals surface area contributed by atoms with Gasteiger partial charge in [-0.05, 0) is 57.7 Å². The normalized spacial score (nSPS) is 28.2. The molecule has 2 bridgehead atoms. The number of rotatable bonds is 3. The van der Waals surface area contributed by atoms with Crippen molar-refractivity contribution in [2.24, 2.45) is 0 Å². The molecule has 0 aromatic heterocycles. The standard InChI is InChI=1S/C20H27F2NO4/c1-19(2,3)27-18(24)23-14-7-5-8-15(23)12-20(25,11-14)13-6-4-9-16(10-13)26-17(21)22/h4,6,9-10,14-15,17,25H,5,7-8,11-12H2,1-3H3. The Morgan fingerprint density at radius 2 is 1.89 bits per heavy atom. The first-order chi connectivity index (χ1) is 12.6. The zero-order chi connectivity index (χ0) is 19.8. The van der Waals surface area contributed by atoms with Crippen LogP contribution >= 0.6 is 0 Å². The van der Waals surface area contributed by atoms with Gasteiger partial charge in [-0.15, -0.1) is 0 Å². The maximum atomic E-state index is 12.7. The summed E-state index contributed by atoms with van der Waals surface area (Å²) in [5, 5.41) is 11.3. The van der Waals surface area contributed by atoms with Crippen LogP contribution in [0.4, 0.5) is 13.6 Å². The quantitative estimate of drug-likeness (QED) is 0.839. The van der Waals surface area contributed by atoms with E-state index in [4.69, 9.17) is 4.74 Å². The van der Waals surface area contributed by atoms with Crippen LogP contribution in [0.3, 0.4) is 0 Å². The Balaban J connectivity index is 1.82. The lowest BCUT2D eigenvalue weighted by Crippen LogP contribution is -2.59. The lowest BCUT2D eigenvalue weighted by atomic mass is 9.72. The number of nitrogens with zero attached hydrogens (tertiary/aromatic N) is 1. The molecule has 1 N–H and O–H groups in total. The molecule has 2 fully saturated rings. The number of hydrogen-bond donors (Lipinski definition) is 1.